The zero-order chi connectivity index (χ0) is 21.0. The molecular formula is C20H24N4O3S2. The molecule has 0 radical (unpaired) electrons. The Morgan fingerprint density at radius 1 is 1.24 bits per heavy atom. The number of hydrogen-bond acceptors (Lipinski definition) is 7. The standard InChI is InChI=1S/C20H24N4O3S2/c1-12(2)17-8-13(10-28-17)19-22-23-20(24(19)3)29-11-18(25)21-15-7-6-14(26-4)9-16(15)27-5/h6-10,12H,11H2,1-5H3,(H,21,25). The van der Waals surface area contributed by atoms with Crippen molar-refractivity contribution in [2.75, 3.05) is 25.3 Å². The number of amides is 1. The van der Waals surface area contributed by atoms with Gasteiger partial charge >= 0.3 is 0 Å². The van der Waals surface area contributed by atoms with Gasteiger partial charge in [-0.05, 0) is 24.1 Å². The second kappa shape index (κ2) is 9.32. The van der Waals surface area contributed by atoms with E-state index in [0.717, 1.165) is 11.4 Å². The Balaban J connectivity index is 1.64. The summed E-state index contributed by atoms with van der Waals surface area (Å²) in [4.78, 5) is 13.7. The number of nitrogens with zero attached hydrogens (tertiary/aromatic N) is 3. The van der Waals surface area contributed by atoms with Crippen molar-refractivity contribution in [3.05, 3.63) is 34.5 Å². The number of anilines is 1. The Labute approximate surface area is 178 Å². The lowest BCUT2D eigenvalue weighted by Crippen LogP contribution is -2.15. The molecule has 0 saturated carbocycles. The highest BCUT2D eigenvalue weighted by Crippen LogP contribution is 2.31. The van der Waals surface area contributed by atoms with Crippen LogP contribution < -0.4 is 14.8 Å². The molecule has 0 unspecified atom stereocenters. The first kappa shape index (κ1) is 21.2. The summed E-state index contributed by atoms with van der Waals surface area (Å²) in [5, 5.41) is 14.2. The predicted octanol–water partition coefficient (Wildman–Crippen LogP) is 4.42. The first-order chi connectivity index (χ1) is 13.9. The summed E-state index contributed by atoms with van der Waals surface area (Å²) < 4.78 is 12.4. The van der Waals surface area contributed by atoms with Crippen LogP contribution in [-0.2, 0) is 11.8 Å². The van der Waals surface area contributed by atoms with Gasteiger partial charge in [0.05, 0.1) is 25.7 Å². The van der Waals surface area contributed by atoms with Crippen LogP contribution in [0, 0.1) is 0 Å². The average Bonchev–Trinajstić information content (AvgIpc) is 3.33. The van der Waals surface area contributed by atoms with Gasteiger partial charge in [-0.2, -0.15) is 0 Å². The molecule has 1 N–H and O–H groups in total. The number of aromatic nitrogens is 3. The van der Waals surface area contributed by atoms with Crippen molar-refractivity contribution >= 4 is 34.7 Å². The van der Waals surface area contributed by atoms with Crippen LogP contribution in [0.1, 0.15) is 24.6 Å². The van der Waals surface area contributed by atoms with E-state index < -0.39 is 0 Å². The van der Waals surface area contributed by atoms with Crippen LogP contribution in [-0.4, -0.2) is 40.6 Å². The number of nitrogens with one attached hydrogen (secondary N) is 1. The third-order valence-electron chi connectivity index (χ3n) is 4.30. The first-order valence-corrected chi connectivity index (χ1v) is 10.9. The van der Waals surface area contributed by atoms with Gasteiger partial charge in [0.15, 0.2) is 11.0 Å². The van der Waals surface area contributed by atoms with E-state index in [1.165, 1.54) is 16.6 Å². The minimum atomic E-state index is -0.152. The molecule has 3 aromatic rings. The molecule has 154 valence electrons. The summed E-state index contributed by atoms with van der Waals surface area (Å²) in [6.07, 6.45) is 0. The number of thiophene rings is 1. The largest absolute Gasteiger partial charge is 0.497 e. The van der Waals surface area contributed by atoms with Crippen molar-refractivity contribution in [3.8, 4) is 22.9 Å². The highest BCUT2D eigenvalue weighted by atomic mass is 32.2. The zero-order valence-corrected chi connectivity index (χ0v) is 18.7. The van der Waals surface area contributed by atoms with Gasteiger partial charge in [-0.1, -0.05) is 25.6 Å². The molecule has 9 heteroatoms. The van der Waals surface area contributed by atoms with Crippen molar-refractivity contribution in [2.45, 2.75) is 24.9 Å². The maximum Gasteiger partial charge on any atom is 0.234 e. The molecule has 29 heavy (non-hydrogen) atoms. The molecule has 0 aliphatic heterocycles. The summed E-state index contributed by atoms with van der Waals surface area (Å²) in [7, 11) is 5.04. The summed E-state index contributed by atoms with van der Waals surface area (Å²) in [6.45, 7) is 4.34. The molecule has 0 atom stereocenters. The van der Waals surface area contributed by atoms with E-state index in [-0.39, 0.29) is 11.7 Å². The fraction of sp³-hybridized carbons (Fsp3) is 0.350. The number of benzene rings is 1. The van der Waals surface area contributed by atoms with Crippen LogP contribution in [0.25, 0.3) is 11.4 Å². The quantitative estimate of drug-likeness (QED) is 0.531. The molecule has 1 aromatic carbocycles. The first-order valence-electron chi connectivity index (χ1n) is 9.05. The van der Waals surface area contributed by atoms with Crippen molar-refractivity contribution in [1.82, 2.24) is 14.8 Å². The van der Waals surface area contributed by atoms with Gasteiger partial charge in [0.1, 0.15) is 11.5 Å². The zero-order valence-electron chi connectivity index (χ0n) is 17.1. The van der Waals surface area contributed by atoms with Crippen LogP contribution in [0.5, 0.6) is 11.5 Å². The third-order valence-corrected chi connectivity index (χ3v) is 6.55. The number of thioether (sulfide) groups is 1. The topological polar surface area (TPSA) is 78.3 Å². The normalized spacial score (nSPS) is 11.0. The third kappa shape index (κ3) is 4.91. The second-order valence-corrected chi connectivity index (χ2v) is 8.55. The number of rotatable bonds is 8. The maximum absolute atomic E-state index is 12.4. The minimum absolute atomic E-state index is 0.152. The van der Waals surface area contributed by atoms with E-state index in [1.807, 2.05) is 11.6 Å². The molecule has 0 aliphatic carbocycles. The summed E-state index contributed by atoms with van der Waals surface area (Å²) in [5.41, 5.74) is 1.64. The molecule has 0 fully saturated rings. The number of carbonyl (C=O) groups excluding carboxylic acids is 1. The lowest BCUT2D eigenvalue weighted by molar-refractivity contribution is -0.113. The molecule has 1 amide bonds. The molecule has 0 spiro atoms. The van der Waals surface area contributed by atoms with Crippen molar-refractivity contribution < 1.29 is 14.3 Å². The molecule has 3 rings (SSSR count). The van der Waals surface area contributed by atoms with E-state index in [2.05, 4.69) is 40.8 Å². The van der Waals surface area contributed by atoms with Gasteiger partial charge in [-0.3, -0.25) is 4.79 Å². The lowest BCUT2D eigenvalue weighted by atomic mass is 10.1. The molecule has 0 aliphatic rings. The lowest BCUT2D eigenvalue weighted by Gasteiger charge is -2.11. The molecule has 2 heterocycles. The van der Waals surface area contributed by atoms with Crippen LogP contribution in [0.3, 0.4) is 0 Å². The Morgan fingerprint density at radius 2 is 2.03 bits per heavy atom. The highest BCUT2D eigenvalue weighted by molar-refractivity contribution is 7.99. The fourth-order valence-electron chi connectivity index (χ4n) is 2.68. The van der Waals surface area contributed by atoms with Crippen LogP contribution in [0.2, 0.25) is 0 Å². The van der Waals surface area contributed by atoms with Crippen molar-refractivity contribution in [2.24, 2.45) is 7.05 Å². The van der Waals surface area contributed by atoms with Gasteiger partial charge in [0.2, 0.25) is 5.91 Å². The number of ether oxygens (including phenoxy) is 2. The van der Waals surface area contributed by atoms with Crippen LogP contribution in [0.15, 0.2) is 34.8 Å². The van der Waals surface area contributed by atoms with Gasteiger partial charge < -0.3 is 19.4 Å². The van der Waals surface area contributed by atoms with E-state index in [4.69, 9.17) is 9.47 Å². The Bertz CT molecular complexity index is 998. The van der Waals surface area contributed by atoms with Crippen molar-refractivity contribution in [3.63, 3.8) is 0 Å². The molecule has 2 aromatic heterocycles. The summed E-state index contributed by atoms with van der Waals surface area (Å²) >= 11 is 3.06. The summed E-state index contributed by atoms with van der Waals surface area (Å²) in [6, 6.07) is 7.40. The van der Waals surface area contributed by atoms with Gasteiger partial charge in [0, 0.05) is 28.9 Å². The number of methoxy groups -OCH3 is 2. The van der Waals surface area contributed by atoms with E-state index in [0.29, 0.717) is 28.3 Å². The summed E-state index contributed by atoms with van der Waals surface area (Å²) in [5.74, 6) is 2.54. The predicted molar refractivity (Wildman–Crippen MR) is 117 cm³/mol. The monoisotopic (exact) mass is 432 g/mol. The van der Waals surface area contributed by atoms with E-state index in [9.17, 15) is 4.79 Å². The highest BCUT2D eigenvalue weighted by Gasteiger charge is 2.16. The molecule has 7 nitrogen and oxygen atoms in total. The number of carbonyl (C=O) groups is 1. The minimum Gasteiger partial charge on any atom is -0.497 e. The van der Waals surface area contributed by atoms with Crippen LogP contribution in [0.4, 0.5) is 5.69 Å². The van der Waals surface area contributed by atoms with Crippen molar-refractivity contribution in [1.29, 1.82) is 0 Å². The smallest absolute Gasteiger partial charge is 0.234 e. The van der Waals surface area contributed by atoms with Gasteiger partial charge in [-0.15, -0.1) is 21.5 Å². The Morgan fingerprint density at radius 3 is 2.69 bits per heavy atom. The fourth-order valence-corrected chi connectivity index (χ4v) is 4.30. The average molecular weight is 433 g/mol. The molecule has 0 bridgehead atoms. The molecule has 0 saturated heterocycles. The van der Waals surface area contributed by atoms with Gasteiger partial charge in [0.25, 0.3) is 0 Å². The van der Waals surface area contributed by atoms with Gasteiger partial charge in [-0.25, -0.2) is 0 Å². The maximum atomic E-state index is 12.4. The Hall–Kier alpha value is -2.52. The van der Waals surface area contributed by atoms with E-state index >= 15 is 0 Å². The van der Waals surface area contributed by atoms with E-state index in [1.54, 1.807) is 43.8 Å². The number of hydrogen-bond donors (Lipinski definition) is 1. The Kier molecular flexibility index (Phi) is 6.81. The second-order valence-electron chi connectivity index (χ2n) is 6.66. The molecular weight excluding hydrogens is 408 g/mol. The van der Waals surface area contributed by atoms with Crippen LogP contribution >= 0.6 is 23.1 Å². The SMILES string of the molecule is COc1ccc(NC(=O)CSc2nnc(-c3csc(C(C)C)c3)n2C)c(OC)c1.